The van der Waals surface area contributed by atoms with E-state index in [1.54, 1.807) is 7.11 Å². The number of rotatable bonds is 4. The number of hydrogen-bond acceptors (Lipinski definition) is 2. The third kappa shape index (κ3) is 1.92. The van der Waals surface area contributed by atoms with E-state index in [-0.39, 0.29) is 0 Å². The highest BCUT2D eigenvalue weighted by molar-refractivity contribution is 5.57. The summed E-state index contributed by atoms with van der Waals surface area (Å²) in [7, 11) is 1.64. The average Bonchev–Trinajstić information content (AvgIpc) is 3.18. The molecule has 3 rings (SSSR count). The highest BCUT2D eigenvalue weighted by Gasteiger charge is 2.28. The van der Waals surface area contributed by atoms with Crippen molar-refractivity contribution < 1.29 is 4.74 Å². The predicted octanol–water partition coefficient (Wildman–Crippen LogP) is 3.37. The zero-order valence-corrected chi connectivity index (χ0v) is 10.5. The monoisotopic (exact) mass is 240 g/mol. The number of nitrogens with zero attached hydrogens (tertiary/aromatic N) is 2. The van der Waals surface area contributed by atoms with E-state index in [2.05, 4.69) is 17.7 Å². The molecule has 18 heavy (non-hydrogen) atoms. The van der Waals surface area contributed by atoms with Gasteiger partial charge in [0.15, 0.2) is 0 Å². The fraction of sp³-hybridized carbons (Fsp3) is 0.267. The summed E-state index contributed by atoms with van der Waals surface area (Å²) in [6.45, 7) is 3.94. The molecule has 1 saturated carbocycles. The van der Waals surface area contributed by atoms with Crippen molar-refractivity contribution in [1.82, 2.24) is 9.78 Å². The van der Waals surface area contributed by atoms with E-state index in [4.69, 9.17) is 4.74 Å². The van der Waals surface area contributed by atoms with Crippen molar-refractivity contribution in [3.8, 4) is 5.69 Å². The van der Waals surface area contributed by atoms with Crippen LogP contribution in [0.15, 0.2) is 43.0 Å². The van der Waals surface area contributed by atoms with Gasteiger partial charge in [0.1, 0.15) is 11.5 Å². The van der Waals surface area contributed by atoms with Crippen molar-refractivity contribution >= 4 is 5.76 Å². The molecule has 0 saturated heterocycles. The van der Waals surface area contributed by atoms with Gasteiger partial charge in [0.05, 0.1) is 18.5 Å². The summed E-state index contributed by atoms with van der Waals surface area (Å²) in [6.07, 6.45) is 2.48. The first kappa shape index (κ1) is 11.1. The van der Waals surface area contributed by atoms with Crippen LogP contribution in [0.1, 0.15) is 30.1 Å². The highest BCUT2D eigenvalue weighted by Crippen LogP contribution is 2.40. The second-order valence-corrected chi connectivity index (χ2v) is 4.60. The van der Waals surface area contributed by atoms with Gasteiger partial charge in [0.25, 0.3) is 0 Å². The molecule has 0 N–H and O–H groups in total. The Kier molecular flexibility index (Phi) is 2.67. The number of aromatic nitrogens is 2. The maximum Gasteiger partial charge on any atom is 0.137 e. The lowest BCUT2D eigenvalue weighted by molar-refractivity contribution is 0.368. The number of benzene rings is 1. The van der Waals surface area contributed by atoms with Crippen molar-refractivity contribution in [2.75, 3.05) is 7.11 Å². The molecular formula is C15H16N2O. The first-order valence-corrected chi connectivity index (χ1v) is 6.18. The molecule has 0 unspecified atom stereocenters. The van der Waals surface area contributed by atoms with Gasteiger partial charge in [0.2, 0.25) is 0 Å². The van der Waals surface area contributed by atoms with Crippen LogP contribution in [0.3, 0.4) is 0 Å². The van der Waals surface area contributed by atoms with E-state index >= 15 is 0 Å². The SMILES string of the molecule is C=C(OC)c1cc(C2CC2)nn1-c1ccccc1. The summed E-state index contributed by atoms with van der Waals surface area (Å²) in [5.74, 6) is 1.27. The van der Waals surface area contributed by atoms with Crippen LogP contribution in [0.25, 0.3) is 11.4 Å². The van der Waals surface area contributed by atoms with Gasteiger partial charge in [-0.2, -0.15) is 5.10 Å². The lowest BCUT2D eigenvalue weighted by Gasteiger charge is -2.08. The van der Waals surface area contributed by atoms with Gasteiger partial charge < -0.3 is 4.74 Å². The van der Waals surface area contributed by atoms with Crippen molar-refractivity contribution in [1.29, 1.82) is 0 Å². The topological polar surface area (TPSA) is 27.1 Å². The fourth-order valence-corrected chi connectivity index (χ4v) is 2.05. The highest BCUT2D eigenvalue weighted by atomic mass is 16.5. The smallest absolute Gasteiger partial charge is 0.137 e. The number of para-hydroxylation sites is 1. The van der Waals surface area contributed by atoms with E-state index in [1.165, 1.54) is 12.8 Å². The van der Waals surface area contributed by atoms with Gasteiger partial charge in [0, 0.05) is 5.92 Å². The quantitative estimate of drug-likeness (QED) is 0.766. The Morgan fingerprint density at radius 2 is 2.06 bits per heavy atom. The summed E-state index contributed by atoms with van der Waals surface area (Å²) >= 11 is 0. The van der Waals surface area contributed by atoms with Crippen LogP contribution >= 0.6 is 0 Å². The summed E-state index contributed by atoms with van der Waals surface area (Å²) < 4.78 is 7.17. The number of methoxy groups -OCH3 is 1. The minimum absolute atomic E-state index is 0.623. The zero-order chi connectivity index (χ0) is 12.5. The lowest BCUT2D eigenvalue weighted by atomic mass is 10.2. The van der Waals surface area contributed by atoms with E-state index < -0.39 is 0 Å². The first-order chi connectivity index (χ1) is 8.79. The van der Waals surface area contributed by atoms with E-state index in [0.29, 0.717) is 11.7 Å². The predicted molar refractivity (Wildman–Crippen MR) is 71.6 cm³/mol. The molecule has 0 spiro atoms. The Bertz CT molecular complexity index is 567. The third-order valence-corrected chi connectivity index (χ3v) is 3.26. The lowest BCUT2D eigenvalue weighted by Crippen LogP contribution is -2.02. The van der Waals surface area contributed by atoms with Crippen LogP contribution in [-0.2, 0) is 4.74 Å². The molecule has 1 aliphatic carbocycles. The van der Waals surface area contributed by atoms with Crippen LogP contribution in [0.5, 0.6) is 0 Å². The van der Waals surface area contributed by atoms with Gasteiger partial charge in [-0.25, -0.2) is 4.68 Å². The molecule has 1 fully saturated rings. The van der Waals surface area contributed by atoms with Gasteiger partial charge >= 0.3 is 0 Å². The summed E-state index contributed by atoms with van der Waals surface area (Å²) in [5.41, 5.74) is 3.12. The maximum absolute atomic E-state index is 5.26. The fourth-order valence-electron chi connectivity index (χ4n) is 2.05. The van der Waals surface area contributed by atoms with Crippen molar-refractivity contribution in [3.63, 3.8) is 0 Å². The molecule has 3 heteroatoms. The summed E-state index contributed by atoms with van der Waals surface area (Å²) in [5, 5.41) is 4.69. The summed E-state index contributed by atoms with van der Waals surface area (Å²) in [6, 6.07) is 12.2. The van der Waals surface area contributed by atoms with Crippen LogP contribution in [0.4, 0.5) is 0 Å². The third-order valence-electron chi connectivity index (χ3n) is 3.26. The molecular weight excluding hydrogens is 224 g/mol. The molecule has 2 aromatic rings. The molecule has 1 aliphatic rings. The molecule has 1 aromatic carbocycles. The largest absolute Gasteiger partial charge is 0.495 e. The first-order valence-electron chi connectivity index (χ1n) is 6.18. The standard InChI is InChI=1S/C15H16N2O/c1-11(18-2)15-10-14(12-8-9-12)16-17(15)13-6-4-3-5-7-13/h3-7,10,12H,1,8-9H2,2H3. The van der Waals surface area contributed by atoms with Gasteiger partial charge in [-0.05, 0) is 31.0 Å². The van der Waals surface area contributed by atoms with Crippen molar-refractivity contribution in [2.45, 2.75) is 18.8 Å². The van der Waals surface area contributed by atoms with E-state index in [0.717, 1.165) is 17.1 Å². The normalized spacial score (nSPS) is 14.5. The second kappa shape index (κ2) is 4.33. The molecule has 0 atom stereocenters. The van der Waals surface area contributed by atoms with Crippen LogP contribution in [0, 0.1) is 0 Å². The molecule has 3 nitrogen and oxygen atoms in total. The molecule has 0 aliphatic heterocycles. The molecule has 92 valence electrons. The Labute approximate surface area is 107 Å². The Balaban J connectivity index is 2.08. The van der Waals surface area contributed by atoms with Gasteiger partial charge in [-0.1, -0.05) is 24.8 Å². The molecule has 0 bridgehead atoms. The molecule has 0 amide bonds. The van der Waals surface area contributed by atoms with Gasteiger partial charge in [-0.3, -0.25) is 0 Å². The van der Waals surface area contributed by atoms with E-state index in [1.807, 2.05) is 35.0 Å². The van der Waals surface area contributed by atoms with Crippen LogP contribution in [-0.4, -0.2) is 16.9 Å². The maximum atomic E-state index is 5.26. The van der Waals surface area contributed by atoms with Crippen LogP contribution in [0.2, 0.25) is 0 Å². The Morgan fingerprint density at radius 1 is 1.33 bits per heavy atom. The molecule has 0 radical (unpaired) electrons. The summed E-state index contributed by atoms with van der Waals surface area (Å²) in [4.78, 5) is 0. The minimum atomic E-state index is 0.623. The van der Waals surface area contributed by atoms with Crippen LogP contribution < -0.4 is 0 Å². The van der Waals surface area contributed by atoms with E-state index in [9.17, 15) is 0 Å². The van der Waals surface area contributed by atoms with Crippen molar-refractivity contribution in [3.05, 3.63) is 54.4 Å². The molecule has 1 heterocycles. The Morgan fingerprint density at radius 3 is 2.67 bits per heavy atom. The molecule has 1 aromatic heterocycles. The number of hydrogen-bond donors (Lipinski definition) is 0. The minimum Gasteiger partial charge on any atom is -0.495 e. The second-order valence-electron chi connectivity index (χ2n) is 4.60. The average molecular weight is 240 g/mol. The Hall–Kier alpha value is -2.03. The van der Waals surface area contributed by atoms with Crippen molar-refractivity contribution in [2.24, 2.45) is 0 Å². The zero-order valence-electron chi connectivity index (χ0n) is 10.5. The van der Waals surface area contributed by atoms with Gasteiger partial charge in [-0.15, -0.1) is 0 Å². The number of ether oxygens (including phenoxy) is 1.